The van der Waals surface area contributed by atoms with Gasteiger partial charge in [0.1, 0.15) is 6.04 Å². The second kappa shape index (κ2) is 5.27. The van der Waals surface area contributed by atoms with Gasteiger partial charge in [0, 0.05) is 0 Å². The predicted octanol–water partition coefficient (Wildman–Crippen LogP) is 2.29. The number of piperidine rings is 1. The SMILES string of the molecule is O=C(O)C1NCCCC1Cc1ccc2scnc2c1. The van der Waals surface area contributed by atoms with Crippen molar-refractivity contribution < 1.29 is 9.90 Å². The number of aliphatic carboxylic acids is 1. The number of rotatable bonds is 3. The van der Waals surface area contributed by atoms with Crippen LogP contribution in [0.15, 0.2) is 23.7 Å². The molecule has 2 atom stereocenters. The maximum atomic E-state index is 11.3. The highest BCUT2D eigenvalue weighted by atomic mass is 32.1. The van der Waals surface area contributed by atoms with Gasteiger partial charge in [0.05, 0.1) is 15.7 Å². The number of hydrogen-bond acceptors (Lipinski definition) is 4. The van der Waals surface area contributed by atoms with Crippen LogP contribution in [-0.2, 0) is 11.2 Å². The minimum Gasteiger partial charge on any atom is -0.480 e. The maximum absolute atomic E-state index is 11.3. The van der Waals surface area contributed by atoms with Crippen LogP contribution in [0.2, 0.25) is 0 Å². The van der Waals surface area contributed by atoms with E-state index >= 15 is 0 Å². The molecule has 0 saturated carbocycles. The number of fused-ring (bicyclic) bond motifs is 1. The van der Waals surface area contributed by atoms with Crippen LogP contribution >= 0.6 is 11.3 Å². The molecule has 2 N–H and O–H groups in total. The van der Waals surface area contributed by atoms with E-state index in [-0.39, 0.29) is 5.92 Å². The van der Waals surface area contributed by atoms with Crippen LogP contribution in [-0.4, -0.2) is 28.6 Å². The first-order valence-corrected chi connectivity index (χ1v) is 7.40. The highest BCUT2D eigenvalue weighted by Gasteiger charge is 2.30. The van der Waals surface area contributed by atoms with Crippen LogP contribution in [0.25, 0.3) is 10.2 Å². The van der Waals surface area contributed by atoms with E-state index in [1.165, 1.54) is 10.3 Å². The number of carbonyl (C=O) groups is 1. The molecule has 0 radical (unpaired) electrons. The van der Waals surface area contributed by atoms with E-state index in [9.17, 15) is 9.90 Å². The van der Waals surface area contributed by atoms with Gasteiger partial charge in [0.2, 0.25) is 0 Å². The summed E-state index contributed by atoms with van der Waals surface area (Å²) in [7, 11) is 0. The fourth-order valence-electron chi connectivity index (χ4n) is 2.80. The Morgan fingerprint density at radius 1 is 1.53 bits per heavy atom. The molecule has 4 nitrogen and oxygen atoms in total. The summed E-state index contributed by atoms with van der Waals surface area (Å²) in [6.45, 7) is 0.804. The number of hydrogen-bond donors (Lipinski definition) is 2. The van der Waals surface area contributed by atoms with Crippen molar-refractivity contribution in [3.05, 3.63) is 29.3 Å². The Morgan fingerprint density at radius 2 is 2.42 bits per heavy atom. The van der Waals surface area contributed by atoms with Crippen molar-refractivity contribution in [2.75, 3.05) is 6.54 Å². The van der Waals surface area contributed by atoms with Gasteiger partial charge in [-0.15, -0.1) is 11.3 Å². The van der Waals surface area contributed by atoms with E-state index < -0.39 is 12.0 Å². The summed E-state index contributed by atoms with van der Waals surface area (Å²) >= 11 is 1.63. The lowest BCUT2D eigenvalue weighted by atomic mass is 9.85. The van der Waals surface area contributed by atoms with E-state index in [0.29, 0.717) is 0 Å². The lowest BCUT2D eigenvalue weighted by molar-refractivity contribution is -0.141. The van der Waals surface area contributed by atoms with Gasteiger partial charge in [0.15, 0.2) is 0 Å². The highest BCUT2D eigenvalue weighted by molar-refractivity contribution is 7.16. The van der Waals surface area contributed by atoms with E-state index in [1.807, 2.05) is 5.51 Å². The number of aromatic nitrogens is 1. The third-order valence-corrected chi connectivity index (χ3v) is 4.56. The zero-order chi connectivity index (χ0) is 13.2. The van der Waals surface area contributed by atoms with Crippen LogP contribution in [0.4, 0.5) is 0 Å². The molecule has 1 fully saturated rings. The number of nitrogens with zero attached hydrogens (tertiary/aromatic N) is 1. The van der Waals surface area contributed by atoms with Gasteiger partial charge in [-0.2, -0.15) is 0 Å². The lowest BCUT2D eigenvalue weighted by Gasteiger charge is -2.29. The molecule has 1 aromatic carbocycles. The smallest absolute Gasteiger partial charge is 0.320 e. The van der Waals surface area contributed by atoms with Gasteiger partial charge < -0.3 is 10.4 Å². The molecule has 1 aliphatic rings. The Balaban J connectivity index is 1.80. The summed E-state index contributed by atoms with van der Waals surface area (Å²) in [5.74, 6) is -0.568. The molecule has 5 heteroatoms. The van der Waals surface area contributed by atoms with Gasteiger partial charge in [0.25, 0.3) is 0 Å². The molecule has 1 aliphatic heterocycles. The molecule has 3 rings (SSSR count). The zero-order valence-electron chi connectivity index (χ0n) is 10.5. The number of thiazole rings is 1. The first-order valence-electron chi connectivity index (χ1n) is 6.52. The topological polar surface area (TPSA) is 62.2 Å². The quantitative estimate of drug-likeness (QED) is 0.903. The minimum absolute atomic E-state index is 0.169. The average molecular weight is 276 g/mol. The van der Waals surface area contributed by atoms with Crippen molar-refractivity contribution in [1.82, 2.24) is 10.3 Å². The van der Waals surface area contributed by atoms with Crippen LogP contribution in [0, 0.1) is 5.92 Å². The molecule has 2 unspecified atom stereocenters. The molecular weight excluding hydrogens is 260 g/mol. The Bertz CT molecular complexity index is 596. The monoisotopic (exact) mass is 276 g/mol. The van der Waals surface area contributed by atoms with Crippen molar-refractivity contribution in [1.29, 1.82) is 0 Å². The molecule has 2 aromatic rings. The van der Waals surface area contributed by atoms with Gasteiger partial charge in [-0.1, -0.05) is 6.07 Å². The molecule has 1 aromatic heterocycles. The number of carboxylic acids is 1. The third-order valence-electron chi connectivity index (χ3n) is 3.75. The fraction of sp³-hybridized carbons (Fsp3) is 0.429. The Hall–Kier alpha value is -1.46. The van der Waals surface area contributed by atoms with Crippen molar-refractivity contribution in [3.8, 4) is 0 Å². The Labute approximate surface area is 115 Å². The van der Waals surface area contributed by atoms with Crippen LogP contribution < -0.4 is 5.32 Å². The fourth-order valence-corrected chi connectivity index (χ4v) is 3.46. The molecular formula is C14H16N2O2S. The summed E-state index contributed by atoms with van der Waals surface area (Å²) in [5.41, 5.74) is 4.04. The summed E-state index contributed by atoms with van der Waals surface area (Å²) in [6.07, 6.45) is 2.82. The molecule has 0 spiro atoms. The van der Waals surface area contributed by atoms with Crippen molar-refractivity contribution in [2.45, 2.75) is 25.3 Å². The molecule has 0 bridgehead atoms. The van der Waals surface area contributed by atoms with E-state index in [1.54, 1.807) is 11.3 Å². The summed E-state index contributed by atoms with van der Waals surface area (Å²) in [5, 5.41) is 12.4. The molecule has 1 saturated heterocycles. The van der Waals surface area contributed by atoms with Gasteiger partial charge in [-0.25, -0.2) is 4.98 Å². The second-order valence-corrected chi connectivity index (χ2v) is 5.92. The normalized spacial score (nSPS) is 23.6. The van der Waals surface area contributed by atoms with Crippen molar-refractivity contribution in [3.63, 3.8) is 0 Å². The lowest BCUT2D eigenvalue weighted by Crippen LogP contribution is -2.47. The second-order valence-electron chi connectivity index (χ2n) is 5.03. The van der Waals surface area contributed by atoms with Gasteiger partial charge in [-0.05, 0) is 49.4 Å². The molecule has 2 heterocycles. The molecule has 19 heavy (non-hydrogen) atoms. The van der Waals surface area contributed by atoms with E-state index in [0.717, 1.165) is 31.3 Å². The van der Waals surface area contributed by atoms with Crippen molar-refractivity contribution in [2.24, 2.45) is 5.92 Å². The first-order chi connectivity index (χ1) is 9.24. The molecule has 0 amide bonds. The Morgan fingerprint density at radius 3 is 3.26 bits per heavy atom. The first kappa shape index (κ1) is 12.6. The third kappa shape index (κ3) is 2.62. The highest BCUT2D eigenvalue weighted by Crippen LogP contribution is 2.25. The van der Waals surface area contributed by atoms with E-state index in [2.05, 4.69) is 28.5 Å². The van der Waals surface area contributed by atoms with Gasteiger partial charge in [-0.3, -0.25) is 4.79 Å². The van der Waals surface area contributed by atoms with Crippen LogP contribution in [0.5, 0.6) is 0 Å². The van der Waals surface area contributed by atoms with Crippen LogP contribution in [0.1, 0.15) is 18.4 Å². The number of nitrogens with one attached hydrogen (secondary N) is 1. The number of carboxylic acid groups (broad SMARTS) is 1. The summed E-state index contributed by atoms with van der Waals surface area (Å²) in [6, 6.07) is 5.83. The van der Waals surface area contributed by atoms with Crippen LogP contribution in [0.3, 0.4) is 0 Å². The average Bonchev–Trinajstić information content (AvgIpc) is 2.86. The van der Waals surface area contributed by atoms with E-state index in [4.69, 9.17) is 0 Å². The Kier molecular flexibility index (Phi) is 3.48. The van der Waals surface area contributed by atoms with Gasteiger partial charge >= 0.3 is 5.97 Å². The maximum Gasteiger partial charge on any atom is 0.320 e. The van der Waals surface area contributed by atoms with Crippen molar-refractivity contribution >= 4 is 27.5 Å². The molecule has 100 valence electrons. The number of benzene rings is 1. The minimum atomic E-state index is -0.737. The summed E-state index contributed by atoms with van der Waals surface area (Å²) in [4.78, 5) is 15.6. The zero-order valence-corrected chi connectivity index (χ0v) is 11.3. The summed E-state index contributed by atoms with van der Waals surface area (Å²) < 4.78 is 1.18. The predicted molar refractivity (Wildman–Crippen MR) is 75.5 cm³/mol. The largest absolute Gasteiger partial charge is 0.480 e. The standard InChI is InChI=1S/C14H16N2O2S/c17-14(18)13-10(2-1-5-15-13)6-9-3-4-12-11(7-9)16-8-19-12/h3-4,7-8,10,13,15H,1-2,5-6H2,(H,17,18). The molecule has 0 aliphatic carbocycles.